The van der Waals surface area contributed by atoms with Crippen molar-refractivity contribution in [2.45, 2.75) is 17.0 Å². The zero-order valence-corrected chi connectivity index (χ0v) is 16.3. The third-order valence-corrected chi connectivity index (χ3v) is 8.32. The van der Waals surface area contributed by atoms with Crippen LogP contribution in [0.1, 0.15) is 0 Å². The van der Waals surface area contributed by atoms with Gasteiger partial charge in [-0.2, -0.15) is 0 Å². The summed E-state index contributed by atoms with van der Waals surface area (Å²) in [6.07, 6.45) is 0.186. The molecule has 2 heterocycles. The molecule has 1 aromatic heterocycles. The van der Waals surface area contributed by atoms with Crippen molar-refractivity contribution in [2.75, 3.05) is 15.8 Å². The number of sulfone groups is 1. The first-order valence-corrected chi connectivity index (χ1v) is 11.9. The molecule has 1 saturated heterocycles. The topological polar surface area (TPSA) is 105 Å². The van der Waals surface area contributed by atoms with Crippen LogP contribution in [0.2, 0.25) is 0 Å². The Balaban J connectivity index is 1.94. The van der Waals surface area contributed by atoms with Crippen LogP contribution in [-0.4, -0.2) is 50.6 Å². The van der Waals surface area contributed by atoms with E-state index in [1.165, 1.54) is 12.3 Å². The van der Waals surface area contributed by atoms with Crippen LogP contribution >= 0.6 is 0 Å². The molecule has 0 aliphatic carbocycles. The molecule has 0 unspecified atom stereocenters. The summed E-state index contributed by atoms with van der Waals surface area (Å²) in [5.41, 5.74) is 0.581. The van der Waals surface area contributed by atoms with Gasteiger partial charge in [-0.05, 0) is 24.3 Å². The molecule has 0 spiro atoms. The van der Waals surface area contributed by atoms with E-state index in [1.54, 1.807) is 54.6 Å². The minimum Gasteiger partial charge on any atom is -0.390 e. The molecule has 146 valence electrons. The molecule has 9 heteroatoms. The maximum atomic E-state index is 13.7. The number of rotatable bonds is 4. The summed E-state index contributed by atoms with van der Waals surface area (Å²) in [5.74, 6) is -0.912. The van der Waals surface area contributed by atoms with Crippen LogP contribution in [0.3, 0.4) is 0 Å². The number of aliphatic hydroxyl groups excluding tert-OH is 1. The molecule has 7 nitrogen and oxygen atoms in total. The molecule has 1 N–H and O–H groups in total. The van der Waals surface area contributed by atoms with E-state index in [0.29, 0.717) is 10.9 Å². The summed E-state index contributed by atoms with van der Waals surface area (Å²) in [6.45, 7) is 0. The van der Waals surface area contributed by atoms with Crippen LogP contribution in [0.4, 0.5) is 5.69 Å². The highest BCUT2D eigenvalue weighted by Crippen LogP contribution is 2.33. The molecule has 4 rings (SSSR count). The Kier molecular flexibility index (Phi) is 4.60. The first kappa shape index (κ1) is 18.9. The van der Waals surface area contributed by atoms with Crippen molar-refractivity contribution in [1.82, 2.24) is 4.98 Å². The second kappa shape index (κ2) is 6.84. The van der Waals surface area contributed by atoms with E-state index >= 15 is 0 Å². The molecule has 28 heavy (non-hydrogen) atoms. The van der Waals surface area contributed by atoms with E-state index in [4.69, 9.17) is 0 Å². The van der Waals surface area contributed by atoms with E-state index in [1.807, 2.05) is 0 Å². The minimum atomic E-state index is -4.20. The molecule has 0 radical (unpaired) electrons. The van der Waals surface area contributed by atoms with Crippen LogP contribution in [0, 0.1) is 0 Å². The largest absolute Gasteiger partial charge is 0.390 e. The van der Waals surface area contributed by atoms with E-state index in [9.17, 15) is 21.9 Å². The fraction of sp³-hybridized carbons (Fsp3) is 0.211. The number of hydrogen-bond acceptors (Lipinski definition) is 6. The maximum absolute atomic E-state index is 13.7. The third kappa shape index (κ3) is 3.25. The van der Waals surface area contributed by atoms with Gasteiger partial charge in [-0.3, -0.25) is 9.29 Å². The molecule has 0 bridgehead atoms. The highest BCUT2D eigenvalue weighted by atomic mass is 32.2. The molecule has 2 atom stereocenters. The molecule has 0 amide bonds. The molecular formula is C19H18N2O5S2. The maximum Gasteiger partial charge on any atom is 0.266 e. The lowest BCUT2D eigenvalue weighted by Crippen LogP contribution is -2.47. The number of sulfonamides is 1. The van der Waals surface area contributed by atoms with Crippen LogP contribution in [0.5, 0.6) is 0 Å². The number of anilines is 1. The van der Waals surface area contributed by atoms with E-state index < -0.39 is 43.5 Å². The van der Waals surface area contributed by atoms with Gasteiger partial charge in [-0.15, -0.1) is 0 Å². The molecule has 3 aromatic rings. The average molecular weight is 418 g/mol. The lowest BCUT2D eigenvalue weighted by Gasteiger charge is -2.31. The number of aliphatic hydroxyl groups is 1. The first-order chi connectivity index (χ1) is 13.3. The van der Waals surface area contributed by atoms with Crippen molar-refractivity contribution in [2.24, 2.45) is 0 Å². The number of benzene rings is 2. The van der Waals surface area contributed by atoms with Gasteiger partial charge in [0, 0.05) is 11.6 Å². The van der Waals surface area contributed by atoms with Crippen LogP contribution in [0.25, 0.3) is 10.9 Å². The van der Waals surface area contributed by atoms with E-state index in [0.717, 1.165) is 4.31 Å². The van der Waals surface area contributed by atoms with Gasteiger partial charge in [-0.25, -0.2) is 16.8 Å². The minimum absolute atomic E-state index is 0.0362. The van der Waals surface area contributed by atoms with Crippen molar-refractivity contribution >= 4 is 36.5 Å². The van der Waals surface area contributed by atoms with Crippen molar-refractivity contribution in [1.29, 1.82) is 0 Å². The number of fused-ring (bicyclic) bond motifs is 1. The Morgan fingerprint density at radius 2 is 1.68 bits per heavy atom. The summed E-state index contributed by atoms with van der Waals surface area (Å²) >= 11 is 0. The number of aromatic nitrogens is 1. The Labute approximate surface area is 163 Å². The SMILES string of the molecule is O=S1(=O)C[C@@H](O)[C@@H](N(c2ccccc2)S(=O)(=O)c2cccc3cccnc23)C1. The second-order valence-electron chi connectivity index (χ2n) is 6.68. The molecule has 1 aliphatic rings. The first-order valence-electron chi connectivity index (χ1n) is 8.61. The van der Waals surface area contributed by atoms with Gasteiger partial charge in [0.1, 0.15) is 4.90 Å². The van der Waals surface area contributed by atoms with Gasteiger partial charge in [0.15, 0.2) is 9.84 Å². The zero-order valence-electron chi connectivity index (χ0n) is 14.7. The van der Waals surface area contributed by atoms with Gasteiger partial charge < -0.3 is 5.11 Å². The summed E-state index contributed by atoms with van der Waals surface area (Å²) in [7, 11) is -7.76. The van der Waals surface area contributed by atoms with Gasteiger partial charge in [0.2, 0.25) is 0 Å². The summed E-state index contributed by atoms with van der Waals surface area (Å²) < 4.78 is 52.5. The Hall–Kier alpha value is -2.49. The van der Waals surface area contributed by atoms with Gasteiger partial charge in [0.05, 0.1) is 34.9 Å². The monoisotopic (exact) mass is 418 g/mol. The second-order valence-corrected chi connectivity index (χ2v) is 10.6. The third-order valence-electron chi connectivity index (χ3n) is 4.74. The highest BCUT2D eigenvalue weighted by molar-refractivity contribution is 7.93. The molecule has 1 fully saturated rings. The lowest BCUT2D eigenvalue weighted by atomic mass is 10.2. The van der Waals surface area contributed by atoms with Crippen molar-refractivity contribution < 1.29 is 21.9 Å². The molecular weight excluding hydrogens is 400 g/mol. The number of para-hydroxylation sites is 2. The molecule has 0 saturated carbocycles. The van der Waals surface area contributed by atoms with Crippen molar-refractivity contribution in [3.05, 3.63) is 66.9 Å². The highest BCUT2D eigenvalue weighted by Gasteiger charge is 2.45. The zero-order chi connectivity index (χ0) is 19.9. The predicted octanol–water partition coefficient (Wildman–Crippen LogP) is 1.59. The van der Waals surface area contributed by atoms with E-state index in [2.05, 4.69) is 4.98 Å². The number of nitrogens with zero attached hydrogens (tertiary/aromatic N) is 2. The lowest BCUT2D eigenvalue weighted by molar-refractivity contribution is 0.184. The number of hydrogen-bond donors (Lipinski definition) is 1. The Morgan fingerprint density at radius 1 is 0.964 bits per heavy atom. The predicted molar refractivity (Wildman–Crippen MR) is 106 cm³/mol. The summed E-state index contributed by atoms with van der Waals surface area (Å²) in [5, 5.41) is 11.0. The summed E-state index contributed by atoms with van der Waals surface area (Å²) in [4.78, 5) is 4.18. The van der Waals surface area contributed by atoms with Crippen molar-refractivity contribution in [3.8, 4) is 0 Å². The van der Waals surface area contributed by atoms with Crippen molar-refractivity contribution in [3.63, 3.8) is 0 Å². The summed E-state index contributed by atoms with van der Waals surface area (Å²) in [6, 6.07) is 15.4. The standard InChI is InChI=1S/C19H18N2O5S2/c22-17-13-27(23,24)12-16(17)21(15-8-2-1-3-9-15)28(25,26)18-10-4-6-14-7-5-11-20-19(14)18/h1-11,16-17,22H,12-13H2/t16-,17+/m0/s1. The number of pyridine rings is 1. The molecule has 2 aromatic carbocycles. The average Bonchev–Trinajstić information content (AvgIpc) is 2.94. The van der Waals surface area contributed by atoms with Gasteiger partial charge in [0.25, 0.3) is 10.0 Å². The normalized spacial score (nSPS) is 21.6. The smallest absolute Gasteiger partial charge is 0.266 e. The Bertz CT molecular complexity index is 1220. The molecule has 1 aliphatic heterocycles. The van der Waals surface area contributed by atoms with Crippen LogP contribution in [0.15, 0.2) is 71.8 Å². The quantitative estimate of drug-likeness (QED) is 0.690. The van der Waals surface area contributed by atoms with Gasteiger partial charge in [-0.1, -0.05) is 36.4 Å². The van der Waals surface area contributed by atoms with Crippen LogP contribution < -0.4 is 4.31 Å². The van der Waals surface area contributed by atoms with Crippen LogP contribution in [-0.2, 0) is 19.9 Å². The van der Waals surface area contributed by atoms with E-state index in [-0.39, 0.29) is 10.6 Å². The van der Waals surface area contributed by atoms with Gasteiger partial charge >= 0.3 is 0 Å². The fourth-order valence-electron chi connectivity index (χ4n) is 3.51. The fourth-order valence-corrected chi connectivity index (χ4v) is 7.22. The Morgan fingerprint density at radius 3 is 2.36 bits per heavy atom.